The van der Waals surface area contributed by atoms with Crippen molar-refractivity contribution in [1.82, 2.24) is 4.90 Å². The zero-order valence-corrected chi connectivity index (χ0v) is 14.3. The lowest BCUT2D eigenvalue weighted by atomic mass is 10.0. The number of benzene rings is 2. The summed E-state index contributed by atoms with van der Waals surface area (Å²) in [7, 11) is 1.71. The molecule has 3 nitrogen and oxygen atoms in total. The van der Waals surface area contributed by atoms with Gasteiger partial charge in [0.1, 0.15) is 0 Å². The SMILES string of the molecule is COCCN(Cc1cc(C)ccc1C)CC(O)c1ccccc1. The Hall–Kier alpha value is -1.68. The third-order valence-electron chi connectivity index (χ3n) is 4.13. The molecule has 0 heterocycles. The number of rotatable bonds is 8. The smallest absolute Gasteiger partial charge is 0.0917 e. The maximum absolute atomic E-state index is 10.5. The van der Waals surface area contributed by atoms with Crippen LogP contribution in [0.15, 0.2) is 48.5 Å². The highest BCUT2D eigenvalue weighted by atomic mass is 16.5. The summed E-state index contributed by atoms with van der Waals surface area (Å²) in [5.41, 5.74) is 4.81. The Morgan fingerprint density at radius 3 is 2.52 bits per heavy atom. The van der Waals surface area contributed by atoms with Crippen molar-refractivity contribution in [3.8, 4) is 0 Å². The molecule has 0 saturated carbocycles. The summed E-state index contributed by atoms with van der Waals surface area (Å²) >= 11 is 0. The maximum Gasteiger partial charge on any atom is 0.0917 e. The second-order valence-electron chi connectivity index (χ2n) is 6.08. The third kappa shape index (κ3) is 5.47. The van der Waals surface area contributed by atoms with Crippen molar-refractivity contribution in [2.45, 2.75) is 26.5 Å². The van der Waals surface area contributed by atoms with Crippen LogP contribution in [0.25, 0.3) is 0 Å². The van der Waals surface area contributed by atoms with E-state index in [-0.39, 0.29) is 0 Å². The first-order valence-corrected chi connectivity index (χ1v) is 8.10. The average molecular weight is 313 g/mol. The van der Waals surface area contributed by atoms with Crippen molar-refractivity contribution < 1.29 is 9.84 Å². The van der Waals surface area contributed by atoms with E-state index >= 15 is 0 Å². The highest BCUT2D eigenvalue weighted by Crippen LogP contribution is 2.18. The van der Waals surface area contributed by atoms with Gasteiger partial charge in [-0.1, -0.05) is 54.1 Å². The van der Waals surface area contributed by atoms with E-state index in [4.69, 9.17) is 4.74 Å². The van der Waals surface area contributed by atoms with E-state index in [0.717, 1.165) is 18.7 Å². The largest absolute Gasteiger partial charge is 0.387 e. The van der Waals surface area contributed by atoms with Crippen LogP contribution in [0, 0.1) is 13.8 Å². The van der Waals surface area contributed by atoms with Crippen LogP contribution in [0.3, 0.4) is 0 Å². The molecule has 0 aliphatic heterocycles. The molecule has 0 bridgehead atoms. The molecule has 0 aromatic heterocycles. The monoisotopic (exact) mass is 313 g/mol. The average Bonchev–Trinajstić information content (AvgIpc) is 2.56. The molecule has 1 atom stereocenters. The Morgan fingerprint density at radius 1 is 1.09 bits per heavy atom. The molecule has 2 aromatic carbocycles. The first-order valence-electron chi connectivity index (χ1n) is 8.10. The molecular formula is C20H27NO2. The van der Waals surface area contributed by atoms with Gasteiger partial charge in [0, 0.05) is 26.7 Å². The van der Waals surface area contributed by atoms with E-state index in [1.807, 2.05) is 30.3 Å². The Kier molecular flexibility index (Phi) is 6.78. The van der Waals surface area contributed by atoms with Crippen molar-refractivity contribution in [2.24, 2.45) is 0 Å². The molecule has 0 spiro atoms. The predicted octanol–water partition coefficient (Wildman–Crippen LogP) is 3.49. The van der Waals surface area contributed by atoms with Gasteiger partial charge in [-0.05, 0) is 30.5 Å². The molecule has 0 amide bonds. The van der Waals surface area contributed by atoms with Gasteiger partial charge in [0.25, 0.3) is 0 Å². The quantitative estimate of drug-likeness (QED) is 0.810. The number of aliphatic hydroxyl groups is 1. The molecule has 124 valence electrons. The summed E-state index contributed by atoms with van der Waals surface area (Å²) in [6.07, 6.45) is -0.488. The van der Waals surface area contributed by atoms with Crippen molar-refractivity contribution in [3.05, 3.63) is 70.8 Å². The van der Waals surface area contributed by atoms with Gasteiger partial charge in [0.15, 0.2) is 0 Å². The van der Waals surface area contributed by atoms with Gasteiger partial charge < -0.3 is 9.84 Å². The minimum Gasteiger partial charge on any atom is -0.387 e. The molecule has 1 unspecified atom stereocenters. The maximum atomic E-state index is 10.5. The van der Waals surface area contributed by atoms with E-state index < -0.39 is 6.10 Å². The van der Waals surface area contributed by atoms with Gasteiger partial charge in [-0.3, -0.25) is 4.90 Å². The minimum atomic E-state index is -0.488. The fraction of sp³-hybridized carbons (Fsp3) is 0.400. The fourth-order valence-corrected chi connectivity index (χ4v) is 2.69. The lowest BCUT2D eigenvalue weighted by molar-refractivity contribution is 0.0848. The lowest BCUT2D eigenvalue weighted by Crippen LogP contribution is -2.31. The van der Waals surface area contributed by atoms with E-state index in [1.54, 1.807) is 7.11 Å². The first-order chi connectivity index (χ1) is 11.1. The lowest BCUT2D eigenvalue weighted by Gasteiger charge is -2.26. The van der Waals surface area contributed by atoms with Crippen molar-refractivity contribution >= 4 is 0 Å². The van der Waals surface area contributed by atoms with Crippen LogP contribution in [0.2, 0.25) is 0 Å². The summed E-state index contributed by atoms with van der Waals surface area (Å²) < 4.78 is 5.23. The van der Waals surface area contributed by atoms with Gasteiger partial charge in [0.05, 0.1) is 12.7 Å². The number of nitrogens with zero attached hydrogens (tertiary/aromatic N) is 1. The van der Waals surface area contributed by atoms with Crippen LogP contribution >= 0.6 is 0 Å². The number of hydrogen-bond donors (Lipinski definition) is 1. The standard InChI is InChI=1S/C20H27NO2/c1-16-9-10-17(2)19(13-16)14-21(11-12-23-3)15-20(22)18-7-5-4-6-8-18/h4-10,13,20,22H,11-12,14-15H2,1-3H3. The molecule has 0 aliphatic rings. The Balaban J connectivity index is 2.08. The van der Waals surface area contributed by atoms with Crippen LogP contribution in [0.1, 0.15) is 28.4 Å². The Bertz CT molecular complexity index is 598. The van der Waals surface area contributed by atoms with Gasteiger partial charge in [0.2, 0.25) is 0 Å². The van der Waals surface area contributed by atoms with Crippen molar-refractivity contribution in [1.29, 1.82) is 0 Å². The summed E-state index contributed by atoms with van der Waals surface area (Å²) in [4.78, 5) is 2.25. The molecule has 1 N–H and O–H groups in total. The minimum absolute atomic E-state index is 0.488. The van der Waals surface area contributed by atoms with Gasteiger partial charge in [-0.15, -0.1) is 0 Å². The third-order valence-corrected chi connectivity index (χ3v) is 4.13. The Labute approximate surface area is 139 Å². The molecule has 2 rings (SSSR count). The van der Waals surface area contributed by atoms with Crippen LogP contribution < -0.4 is 0 Å². The molecule has 23 heavy (non-hydrogen) atoms. The molecule has 2 aromatic rings. The summed E-state index contributed by atoms with van der Waals surface area (Å²) in [6.45, 7) is 7.12. The van der Waals surface area contributed by atoms with Gasteiger partial charge >= 0.3 is 0 Å². The molecule has 0 fully saturated rings. The van der Waals surface area contributed by atoms with E-state index in [1.165, 1.54) is 16.7 Å². The number of methoxy groups -OCH3 is 1. The molecular weight excluding hydrogens is 286 g/mol. The highest BCUT2D eigenvalue weighted by molar-refractivity contribution is 5.30. The molecule has 0 saturated heterocycles. The number of hydrogen-bond acceptors (Lipinski definition) is 3. The van der Waals surface area contributed by atoms with Gasteiger partial charge in [-0.25, -0.2) is 0 Å². The second-order valence-corrected chi connectivity index (χ2v) is 6.08. The predicted molar refractivity (Wildman–Crippen MR) is 94.5 cm³/mol. The summed E-state index contributed by atoms with van der Waals surface area (Å²) in [5.74, 6) is 0. The second kappa shape index (κ2) is 8.82. The van der Waals surface area contributed by atoms with Crippen molar-refractivity contribution in [3.63, 3.8) is 0 Å². The van der Waals surface area contributed by atoms with E-state index in [9.17, 15) is 5.11 Å². The summed E-state index contributed by atoms with van der Waals surface area (Å²) in [5, 5.41) is 10.5. The Morgan fingerprint density at radius 2 is 1.83 bits per heavy atom. The highest BCUT2D eigenvalue weighted by Gasteiger charge is 2.14. The topological polar surface area (TPSA) is 32.7 Å². The van der Waals surface area contributed by atoms with Gasteiger partial charge in [-0.2, -0.15) is 0 Å². The molecule has 3 heteroatoms. The van der Waals surface area contributed by atoms with Crippen LogP contribution in [0.5, 0.6) is 0 Å². The van der Waals surface area contributed by atoms with Crippen LogP contribution in [-0.2, 0) is 11.3 Å². The zero-order chi connectivity index (χ0) is 16.7. The number of aliphatic hydroxyl groups excluding tert-OH is 1. The normalized spacial score (nSPS) is 12.6. The summed E-state index contributed by atoms with van der Waals surface area (Å²) in [6, 6.07) is 16.3. The van der Waals surface area contributed by atoms with Crippen LogP contribution in [0.4, 0.5) is 0 Å². The number of aryl methyl sites for hydroxylation is 2. The molecule has 0 aliphatic carbocycles. The first kappa shape index (κ1) is 17.7. The zero-order valence-electron chi connectivity index (χ0n) is 14.3. The van der Waals surface area contributed by atoms with Crippen LogP contribution in [-0.4, -0.2) is 36.8 Å². The number of ether oxygens (including phenoxy) is 1. The fourth-order valence-electron chi connectivity index (χ4n) is 2.69. The molecule has 0 radical (unpaired) electrons. The van der Waals surface area contributed by atoms with E-state index in [2.05, 4.69) is 36.9 Å². The van der Waals surface area contributed by atoms with Crippen molar-refractivity contribution in [2.75, 3.05) is 26.8 Å². The van der Waals surface area contributed by atoms with E-state index in [0.29, 0.717) is 13.2 Å².